The molecule has 10 heteroatoms. The van der Waals surface area contributed by atoms with Crippen molar-refractivity contribution < 1.29 is 29.3 Å². The van der Waals surface area contributed by atoms with Gasteiger partial charge in [-0.1, -0.05) is 69.9 Å². The number of benzene rings is 1. The summed E-state index contributed by atoms with van der Waals surface area (Å²) in [6.45, 7) is 6.40. The van der Waals surface area contributed by atoms with Gasteiger partial charge in [0.25, 0.3) is 0 Å². The molecule has 1 aromatic carbocycles. The van der Waals surface area contributed by atoms with E-state index in [0.29, 0.717) is 25.8 Å². The number of unbranched alkanes of at least 4 members (excludes halogenated alkanes) is 5. The number of rotatable bonds is 20. The lowest BCUT2D eigenvalue weighted by Gasteiger charge is -2.26. The zero-order valence-corrected chi connectivity index (χ0v) is 28.0. The van der Waals surface area contributed by atoms with E-state index in [4.69, 9.17) is 0 Å². The molecule has 1 saturated heterocycles. The number of hydrogen-bond donors (Lipinski definition) is 3. The highest BCUT2D eigenvalue weighted by Crippen LogP contribution is 2.20. The highest BCUT2D eigenvalue weighted by molar-refractivity contribution is 5.94. The number of aryl methyl sites for hydroxylation is 2. The Hall–Kier alpha value is -3.66. The lowest BCUT2D eigenvalue weighted by molar-refractivity contribution is -0.379. The van der Waals surface area contributed by atoms with Gasteiger partial charge < -0.3 is 19.9 Å². The molecule has 10 nitrogen and oxygen atoms in total. The highest BCUT2D eigenvalue weighted by Gasteiger charge is 2.36. The molecule has 3 atom stereocenters. The molecule has 0 spiro atoms. The summed E-state index contributed by atoms with van der Waals surface area (Å²) in [6, 6.07) is 9.24. The molecule has 0 bridgehead atoms. The number of nitrogens with zero attached hydrogens (tertiary/aromatic N) is 3. The van der Waals surface area contributed by atoms with E-state index >= 15 is 0 Å². The molecule has 252 valence electrons. The lowest BCUT2D eigenvalue weighted by Crippen LogP contribution is -2.76. The number of carbonyl (C=O) groups is 4. The first-order valence-electron chi connectivity index (χ1n) is 17.1. The van der Waals surface area contributed by atoms with E-state index in [9.17, 15) is 24.3 Å². The Morgan fingerprint density at radius 3 is 2.48 bits per heavy atom. The Kier molecular flexibility index (Phi) is 15.8. The first-order chi connectivity index (χ1) is 22.2. The number of likely N-dealkylation sites (tertiary alicyclic amines) is 1. The fraction of sp³-hybridized carbons (Fsp3) is 0.611. The Balaban J connectivity index is 1.56. The van der Waals surface area contributed by atoms with Crippen LogP contribution in [0.1, 0.15) is 96.2 Å². The van der Waals surface area contributed by atoms with Crippen molar-refractivity contribution in [1.29, 1.82) is 0 Å². The molecular weight excluding hydrogens is 582 g/mol. The minimum atomic E-state index is -0.767. The van der Waals surface area contributed by atoms with Crippen LogP contribution in [0.4, 0.5) is 0 Å². The summed E-state index contributed by atoms with van der Waals surface area (Å²) in [5, 5.41) is 12.2. The summed E-state index contributed by atoms with van der Waals surface area (Å²) >= 11 is 0. The third kappa shape index (κ3) is 12.3. The van der Waals surface area contributed by atoms with Crippen LogP contribution in [-0.2, 0) is 38.6 Å². The molecule has 3 N–H and O–H groups in total. The van der Waals surface area contributed by atoms with Crippen molar-refractivity contribution >= 4 is 29.7 Å². The molecule has 0 unspecified atom stereocenters. The van der Waals surface area contributed by atoms with Gasteiger partial charge in [0.15, 0.2) is 12.0 Å². The smallest absolute Gasteiger partial charge is 0.386 e. The Bertz CT molecular complexity index is 1270. The number of Topliss-reactive ketones (excluding diaryl/α,β-unsaturated/α-hetero) is 1. The SMILES string of the molecule is CC(=O)N1CCC[C@H]1C(=O)N[C@@H](CC(C)C)C(=O)C[C@@H](Cc1cncn1CCCCCCCCc1ccccc1)C(=O)[NH+]=CCO. The molecule has 1 aliphatic heterocycles. The van der Waals surface area contributed by atoms with Gasteiger partial charge in [-0.05, 0) is 50.0 Å². The van der Waals surface area contributed by atoms with Gasteiger partial charge in [0, 0.05) is 44.7 Å². The normalized spacial score (nSPS) is 16.2. The van der Waals surface area contributed by atoms with Crippen LogP contribution in [0.25, 0.3) is 0 Å². The largest absolute Gasteiger partial charge is 0.388 e. The minimum Gasteiger partial charge on any atom is -0.386 e. The molecule has 1 fully saturated rings. The van der Waals surface area contributed by atoms with Crippen LogP contribution < -0.4 is 10.3 Å². The van der Waals surface area contributed by atoms with Crippen LogP contribution in [0.3, 0.4) is 0 Å². The predicted octanol–water partition coefficient (Wildman–Crippen LogP) is 2.80. The number of hydrogen-bond acceptors (Lipinski definition) is 6. The van der Waals surface area contributed by atoms with E-state index in [1.165, 1.54) is 44.4 Å². The molecule has 1 aromatic heterocycles. The molecule has 2 heterocycles. The maximum atomic E-state index is 13.7. The van der Waals surface area contributed by atoms with Gasteiger partial charge in [0.1, 0.15) is 12.6 Å². The summed E-state index contributed by atoms with van der Waals surface area (Å²) in [7, 11) is 0. The number of amides is 3. The minimum absolute atomic E-state index is 0.0714. The third-order valence-corrected chi connectivity index (χ3v) is 8.74. The number of ketones is 1. The number of aromatic nitrogens is 2. The molecule has 0 saturated carbocycles. The first-order valence-corrected chi connectivity index (χ1v) is 17.1. The van der Waals surface area contributed by atoms with Crippen LogP contribution in [0.15, 0.2) is 42.9 Å². The fourth-order valence-corrected chi connectivity index (χ4v) is 6.27. The summed E-state index contributed by atoms with van der Waals surface area (Å²) in [6.07, 6.45) is 14.8. The van der Waals surface area contributed by atoms with Gasteiger partial charge in [-0.15, -0.1) is 0 Å². The number of aliphatic hydroxyl groups is 1. The summed E-state index contributed by atoms with van der Waals surface area (Å²) in [4.78, 5) is 60.6. The molecule has 2 aromatic rings. The van der Waals surface area contributed by atoms with Crippen LogP contribution in [0, 0.1) is 11.8 Å². The van der Waals surface area contributed by atoms with Crippen molar-refractivity contribution in [3.8, 4) is 0 Å². The quantitative estimate of drug-likeness (QED) is 0.151. The van der Waals surface area contributed by atoms with Crippen LogP contribution in [0.5, 0.6) is 0 Å². The first kappa shape index (κ1) is 36.8. The van der Waals surface area contributed by atoms with E-state index in [1.807, 2.05) is 19.9 Å². The fourth-order valence-electron chi connectivity index (χ4n) is 6.27. The topological polar surface area (TPSA) is 136 Å². The second kappa shape index (κ2) is 19.8. The average molecular weight is 637 g/mol. The third-order valence-electron chi connectivity index (χ3n) is 8.74. The number of nitrogens with one attached hydrogen (secondary N) is 2. The lowest BCUT2D eigenvalue weighted by atomic mass is 9.90. The van der Waals surface area contributed by atoms with Crippen LogP contribution >= 0.6 is 0 Å². The Morgan fingerprint density at radius 1 is 1.07 bits per heavy atom. The van der Waals surface area contributed by atoms with Gasteiger partial charge in [-0.25, -0.2) is 9.78 Å². The molecule has 3 rings (SSSR count). The van der Waals surface area contributed by atoms with Gasteiger partial charge in [0.05, 0.1) is 18.3 Å². The number of aliphatic hydroxyl groups excluding tert-OH is 1. The van der Waals surface area contributed by atoms with E-state index in [1.54, 1.807) is 17.4 Å². The zero-order valence-electron chi connectivity index (χ0n) is 28.0. The van der Waals surface area contributed by atoms with Crippen molar-refractivity contribution in [2.24, 2.45) is 11.8 Å². The highest BCUT2D eigenvalue weighted by atomic mass is 16.3. The summed E-state index contributed by atoms with van der Waals surface area (Å²) < 4.78 is 2.06. The van der Waals surface area contributed by atoms with Gasteiger partial charge in [0.2, 0.25) is 11.8 Å². The van der Waals surface area contributed by atoms with Gasteiger partial charge >= 0.3 is 5.91 Å². The van der Waals surface area contributed by atoms with Gasteiger partial charge in [-0.3, -0.25) is 14.4 Å². The molecule has 0 radical (unpaired) electrons. The average Bonchev–Trinajstić information content (AvgIpc) is 3.71. The van der Waals surface area contributed by atoms with Crippen molar-refractivity contribution in [1.82, 2.24) is 19.8 Å². The molecule has 3 amide bonds. The van der Waals surface area contributed by atoms with Crippen molar-refractivity contribution in [2.45, 2.75) is 116 Å². The number of imidazole rings is 1. The van der Waals surface area contributed by atoms with Crippen LogP contribution in [0.2, 0.25) is 0 Å². The van der Waals surface area contributed by atoms with E-state index in [2.05, 4.69) is 44.1 Å². The monoisotopic (exact) mass is 636 g/mol. The second-order valence-corrected chi connectivity index (χ2v) is 13.0. The molecular formula is C36H54N5O5+. The molecule has 46 heavy (non-hydrogen) atoms. The van der Waals surface area contributed by atoms with E-state index < -0.39 is 18.0 Å². The van der Waals surface area contributed by atoms with Crippen molar-refractivity contribution in [2.75, 3.05) is 13.2 Å². The Labute approximate surface area is 274 Å². The van der Waals surface area contributed by atoms with E-state index in [-0.39, 0.29) is 42.5 Å². The number of carbonyl (C=O) groups excluding carboxylic acids is 4. The molecule has 0 aliphatic carbocycles. The van der Waals surface area contributed by atoms with Gasteiger partial charge in [-0.2, -0.15) is 4.99 Å². The predicted molar refractivity (Wildman–Crippen MR) is 178 cm³/mol. The van der Waals surface area contributed by atoms with Crippen LogP contribution in [-0.4, -0.2) is 74.5 Å². The summed E-state index contributed by atoms with van der Waals surface area (Å²) in [5.74, 6) is -1.65. The zero-order chi connectivity index (χ0) is 33.3. The van der Waals surface area contributed by atoms with Crippen molar-refractivity contribution in [3.63, 3.8) is 0 Å². The second-order valence-electron chi connectivity index (χ2n) is 13.0. The maximum Gasteiger partial charge on any atom is 0.388 e. The Morgan fingerprint density at radius 2 is 1.78 bits per heavy atom. The maximum absolute atomic E-state index is 13.7. The standard InChI is InChI=1S/C36H53N5O5/c1-27(2)22-32(39-36(46)33-17-13-20-41(33)28(3)43)34(44)24-30(35(45)38-18-21-42)23-31-25-37-26-40(31)19-12-7-5-4-6-9-14-29-15-10-8-11-16-29/h8,10-11,15-16,18,25-27,30,32-33,42H,4-7,9,12-14,17,19-24H2,1-3H3,(H,39,46)/p+1/t30-,32+,33+/m1/s1. The summed E-state index contributed by atoms with van der Waals surface area (Å²) in [5.41, 5.74) is 2.26. The van der Waals surface area contributed by atoms with E-state index in [0.717, 1.165) is 37.9 Å². The molecule has 1 aliphatic rings. The van der Waals surface area contributed by atoms with Crippen molar-refractivity contribution in [3.05, 3.63) is 54.1 Å².